The second-order valence-electron chi connectivity index (χ2n) is 8.46. The van der Waals surface area contributed by atoms with Gasteiger partial charge in [-0.1, -0.05) is 18.2 Å². The lowest BCUT2D eigenvalue weighted by Gasteiger charge is -2.58. The molecule has 6 nitrogen and oxygen atoms in total. The predicted molar refractivity (Wildman–Crippen MR) is 105 cm³/mol. The van der Waals surface area contributed by atoms with Gasteiger partial charge in [-0.15, -0.1) is 0 Å². The smallest absolute Gasteiger partial charge is 0.417 e. The van der Waals surface area contributed by atoms with E-state index in [1.54, 1.807) is 0 Å². The molecule has 1 N–H and O–H groups in total. The number of alkyl halides is 3. The van der Waals surface area contributed by atoms with E-state index in [1.807, 2.05) is 0 Å². The van der Waals surface area contributed by atoms with Gasteiger partial charge in [0.25, 0.3) is 5.91 Å². The Kier molecular flexibility index (Phi) is 4.51. The monoisotopic (exact) mass is 446 g/mol. The van der Waals surface area contributed by atoms with Gasteiger partial charge in [-0.2, -0.15) is 18.3 Å². The fraction of sp³-hybridized carbons (Fsp3) is 0.318. The number of carbonyl (C=O) groups is 1. The molecular weight excluding hydrogens is 428 g/mol. The first-order valence-corrected chi connectivity index (χ1v) is 10.0. The maximum atomic E-state index is 13.9. The van der Waals surface area contributed by atoms with Crippen molar-refractivity contribution < 1.29 is 27.5 Å². The van der Waals surface area contributed by atoms with Crippen molar-refractivity contribution in [3.8, 4) is 17.1 Å². The van der Waals surface area contributed by atoms with Crippen molar-refractivity contribution in [2.75, 3.05) is 13.1 Å². The lowest BCUT2D eigenvalue weighted by atomic mass is 9.60. The molecule has 32 heavy (non-hydrogen) atoms. The molecular formula is C22H18F4N4O2. The summed E-state index contributed by atoms with van der Waals surface area (Å²) in [5.74, 6) is -1.22. The predicted octanol–water partition coefficient (Wildman–Crippen LogP) is 4.29. The number of nitrogens with zero attached hydrogens (tertiary/aromatic N) is 4. The van der Waals surface area contributed by atoms with E-state index in [2.05, 4.69) is 10.1 Å². The summed E-state index contributed by atoms with van der Waals surface area (Å²) in [7, 11) is 0. The van der Waals surface area contributed by atoms with Crippen LogP contribution in [0, 0.1) is 11.2 Å². The van der Waals surface area contributed by atoms with Gasteiger partial charge < -0.3 is 10.0 Å². The molecule has 166 valence electrons. The summed E-state index contributed by atoms with van der Waals surface area (Å²) >= 11 is 0. The number of phenolic OH excluding ortho intramolecular Hbond substituents is 1. The number of likely N-dealkylation sites (tertiary alicyclic amines) is 1. The first-order valence-electron chi connectivity index (χ1n) is 10.0. The van der Waals surface area contributed by atoms with Gasteiger partial charge in [0.15, 0.2) is 5.82 Å². The fourth-order valence-electron chi connectivity index (χ4n) is 4.76. The van der Waals surface area contributed by atoms with Crippen molar-refractivity contribution >= 4 is 5.91 Å². The van der Waals surface area contributed by atoms with Crippen molar-refractivity contribution in [1.29, 1.82) is 0 Å². The summed E-state index contributed by atoms with van der Waals surface area (Å²) in [5.41, 5.74) is -1.14. The number of carbonyl (C=O) groups excluding carboxylic acids is 1. The largest absolute Gasteiger partial charge is 0.508 e. The van der Waals surface area contributed by atoms with Gasteiger partial charge in [0, 0.05) is 24.1 Å². The van der Waals surface area contributed by atoms with Crippen LogP contribution >= 0.6 is 0 Å². The van der Waals surface area contributed by atoms with E-state index >= 15 is 0 Å². The minimum atomic E-state index is -4.51. The molecule has 10 heteroatoms. The summed E-state index contributed by atoms with van der Waals surface area (Å²) in [4.78, 5) is 18.1. The van der Waals surface area contributed by atoms with Crippen LogP contribution in [0.4, 0.5) is 17.6 Å². The Bertz CT molecular complexity index is 1190. The van der Waals surface area contributed by atoms with Crippen LogP contribution in [-0.2, 0) is 6.18 Å². The van der Waals surface area contributed by atoms with Gasteiger partial charge in [0.1, 0.15) is 17.9 Å². The average Bonchev–Trinajstić information content (AvgIpc) is 3.16. The van der Waals surface area contributed by atoms with Gasteiger partial charge in [-0.3, -0.25) is 4.79 Å². The fourth-order valence-corrected chi connectivity index (χ4v) is 4.76. The molecule has 1 spiro atoms. The van der Waals surface area contributed by atoms with Crippen molar-refractivity contribution in [3.63, 3.8) is 0 Å². The van der Waals surface area contributed by atoms with Gasteiger partial charge in [-0.25, -0.2) is 14.1 Å². The highest BCUT2D eigenvalue weighted by molar-refractivity contribution is 5.95. The van der Waals surface area contributed by atoms with E-state index in [-0.39, 0.29) is 34.2 Å². The Morgan fingerprint density at radius 3 is 2.56 bits per heavy atom. The molecule has 0 radical (unpaired) electrons. The summed E-state index contributed by atoms with van der Waals surface area (Å²) in [6, 6.07) is 8.45. The van der Waals surface area contributed by atoms with Crippen LogP contribution in [0.2, 0.25) is 0 Å². The molecule has 1 amide bonds. The summed E-state index contributed by atoms with van der Waals surface area (Å²) in [5, 5.41) is 13.7. The Labute approximate surface area is 180 Å². The molecule has 2 fully saturated rings. The first kappa shape index (κ1) is 20.5. The summed E-state index contributed by atoms with van der Waals surface area (Å²) in [6.45, 7) is 0.835. The molecule has 1 aliphatic heterocycles. The van der Waals surface area contributed by atoms with E-state index in [0.29, 0.717) is 25.9 Å². The van der Waals surface area contributed by atoms with Crippen LogP contribution in [0.1, 0.15) is 34.8 Å². The number of aromatic nitrogens is 3. The molecule has 2 heterocycles. The van der Waals surface area contributed by atoms with E-state index in [9.17, 15) is 27.5 Å². The number of rotatable bonds is 3. The van der Waals surface area contributed by atoms with Crippen molar-refractivity contribution in [2.45, 2.75) is 25.1 Å². The molecule has 1 aromatic heterocycles. The van der Waals surface area contributed by atoms with Crippen molar-refractivity contribution in [2.24, 2.45) is 5.41 Å². The van der Waals surface area contributed by atoms with Gasteiger partial charge in [0.2, 0.25) is 0 Å². The second kappa shape index (κ2) is 7.04. The van der Waals surface area contributed by atoms with E-state index in [1.165, 1.54) is 40.2 Å². The van der Waals surface area contributed by atoms with Gasteiger partial charge in [-0.05, 0) is 37.1 Å². The highest BCUT2D eigenvalue weighted by Gasteiger charge is 2.55. The van der Waals surface area contributed by atoms with Crippen LogP contribution in [0.15, 0.2) is 48.8 Å². The van der Waals surface area contributed by atoms with E-state index < -0.39 is 23.5 Å². The molecule has 5 rings (SSSR count). The number of hydrogen-bond acceptors (Lipinski definition) is 4. The highest BCUT2D eigenvalue weighted by atomic mass is 19.4. The lowest BCUT2D eigenvalue weighted by Crippen LogP contribution is -2.64. The Balaban J connectivity index is 1.29. The second-order valence-corrected chi connectivity index (χ2v) is 8.46. The van der Waals surface area contributed by atoms with Crippen molar-refractivity contribution in [1.82, 2.24) is 19.7 Å². The Morgan fingerprint density at radius 1 is 1.12 bits per heavy atom. The Hall–Kier alpha value is -3.43. The zero-order valence-electron chi connectivity index (χ0n) is 16.7. The molecule has 0 atom stereocenters. The quantitative estimate of drug-likeness (QED) is 0.610. The normalized spacial score (nSPS) is 17.8. The number of aromatic hydroxyl groups is 1. The molecule has 2 aliphatic rings. The van der Waals surface area contributed by atoms with Gasteiger partial charge >= 0.3 is 6.18 Å². The minimum Gasteiger partial charge on any atom is -0.508 e. The molecule has 1 aliphatic carbocycles. The zero-order chi connectivity index (χ0) is 22.7. The van der Waals surface area contributed by atoms with E-state index in [4.69, 9.17) is 0 Å². The number of phenols is 1. The van der Waals surface area contributed by atoms with Crippen LogP contribution in [-0.4, -0.2) is 43.8 Å². The standard InChI is InChI=1S/C22H18F4N4O2/c23-18-6-5-14(31)7-16(18)20(32)29-10-21(11-29)8-13(9-21)30-19(27-12-28-30)15-3-1-2-4-17(15)22(24,25)26/h1-7,12-13,31H,8-11H2. The highest BCUT2D eigenvalue weighted by Crippen LogP contribution is 2.55. The molecule has 2 aromatic carbocycles. The molecule has 0 unspecified atom stereocenters. The maximum absolute atomic E-state index is 13.9. The van der Waals surface area contributed by atoms with Gasteiger partial charge in [0.05, 0.1) is 17.2 Å². The number of benzene rings is 2. The van der Waals surface area contributed by atoms with Crippen LogP contribution in [0.5, 0.6) is 5.75 Å². The molecule has 0 bridgehead atoms. The summed E-state index contributed by atoms with van der Waals surface area (Å²) in [6.07, 6.45) is -2.01. The number of hydrogen-bond donors (Lipinski definition) is 1. The number of halogens is 4. The minimum absolute atomic E-state index is 0.0248. The number of amides is 1. The zero-order valence-corrected chi connectivity index (χ0v) is 16.7. The van der Waals surface area contributed by atoms with Crippen molar-refractivity contribution in [3.05, 3.63) is 65.7 Å². The van der Waals surface area contributed by atoms with E-state index in [0.717, 1.165) is 18.2 Å². The van der Waals surface area contributed by atoms with Crippen LogP contribution < -0.4 is 0 Å². The lowest BCUT2D eigenvalue weighted by molar-refractivity contribution is -0.137. The third-order valence-corrected chi connectivity index (χ3v) is 6.25. The topological polar surface area (TPSA) is 71.2 Å². The van der Waals surface area contributed by atoms with Crippen LogP contribution in [0.25, 0.3) is 11.4 Å². The third kappa shape index (κ3) is 3.30. The molecule has 1 saturated heterocycles. The first-order chi connectivity index (χ1) is 15.2. The summed E-state index contributed by atoms with van der Waals surface area (Å²) < 4.78 is 55.8. The molecule has 1 saturated carbocycles. The average molecular weight is 446 g/mol. The SMILES string of the molecule is O=C(c1cc(O)ccc1F)N1CC2(CC(n3ncnc3-c3ccccc3C(F)(F)F)C2)C1. The maximum Gasteiger partial charge on any atom is 0.417 e. The molecule has 3 aromatic rings. The third-order valence-electron chi connectivity index (χ3n) is 6.25. The van der Waals surface area contributed by atoms with Crippen LogP contribution in [0.3, 0.4) is 0 Å². The Morgan fingerprint density at radius 2 is 1.84 bits per heavy atom.